The van der Waals surface area contributed by atoms with Crippen LogP contribution in [0.4, 0.5) is 29.1 Å². The molecule has 0 atom stereocenters. The van der Waals surface area contributed by atoms with Gasteiger partial charge in [0.2, 0.25) is 5.82 Å². The van der Waals surface area contributed by atoms with E-state index in [0.717, 1.165) is 0 Å². The maximum absolute atomic E-state index is 13.1. The van der Waals surface area contributed by atoms with E-state index in [1.807, 2.05) is 0 Å². The van der Waals surface area contributed by atoms with Gasteiger partial charge in [-0.15, -0.1) is 0 Å². The van der Waals surface area contributed by atoms with Gasteiger partial charge in [0.1, 0.15) is 12.0 Å². The van der Waals surface area contributed by atoms with E-state index in [0.29, 0.717) is 11.3 Å². The lowest BCUT2D eigenvalue weighted by Gasteiger charge is -2.03. The minimum atomic E-state index is -5.08. The lowest BCUT2D eigenvalue weighted by molar-refractivity contribution is -0.192. The number of nitrogens with one attached hydrogen (secondary N) is 2. The van der Waals surface area contributed by atoms with Gasteiger partial charge in [0.25, 0.3) is 5.91 Å². The number of aliphatic carboxylic acids is 1. The van der Waals surface area contributed by atoms with Gasteiger partial charge in [0, 0.05) is 18.0 Å². The SMILES string of the molecule is O=C(Nc1nonc1/C=N/ONc1ccc(F)c(Br)c1)c1ccncc1.O=C(O)C(F)(F)F. The van der Waals surface area contributed by atoms with E-state index in [-0.39, 0.29) is 16.0 Å². The molecule has 0 saturated heterocycles. The summed E-state index contributed by atoms with van der Waals surface area (Å²) in [6.07, 6.45) is -0.915. The number of oxime groups is 1. The number of nitrogens with zero attached hydrogens (tertiary/aromatic N) is 4. The van der Waals surface area contributed by atoms with Gasteiger partial charge in [-0.3, -0.25) is 14.7 Å². The van der Waals surface area contributed by atoms with Crippen molar-refractivity contribution in [1.29, 1.82) is 0 Å². The first-order chi connectivity index (χ1) is 15.6. The highest BCUT2D eigenvalue weighted by Gasteiger charge is 2.38. The second-order valence-electron chi connectivity index (χ2n) is 5.55. The molecule has 0 bridgehead atoms. The molecule has 33 heavy (non-hydrogen) atoms. The fourth-order valence-corrected chi connectivity index (χ4v) is 2.14. The Morgan fingerprint density at radius 1 is 1.18 bits per heavy atom. The van der Waals surface area contributed by atoms with Crippen LogP contribution in [0, 0.1) is 5.82 Å². The van der Waals surface area contributed by atoms with Crippen molar-refractivity contribution in [2.24, 2.45) is 5.16 Å². The van der Waals surface area contributed by atoms with Gasteiger partial charge in [-0.2, -0.15) is 18.7 Å². The first kappa shape index (κ1) is 25.2. The predicted molar refractivity (Wildman–Crippen MR) is 107 cm³/mol. The fraction of sp³-hybridized carbons (Fsp3) is 0.0588. The van der Waals surface area contributed by atoms with Crippen LogP contribution in [0.3, 0.4) is 0 Å². The molecule has 3 aromatic rings. The summed E-state index contributed by atoms with van der Waals surface area (Å²) in [6, 6.07) is 7.29. The molecular formula is C17H11BrF4N6O5. The smallest absolute Gasteiger partial charge is 0.475 e. The predicted octanol–water partition coefficient (Wildman–Crippen LogP) is 3.63. The minimum absolute atomic E-state index is 0.0729. The Morgan fingerprint density at radius 3 is 2.45 bits per heavy atom. The van der Waals surface area contributed by atoms with Crippen molar-refractivity contribution in [2.45, 2.75) is 6.18 Å². The maximum Gasteiger partial charge on any atom is 0.490 e. The van der Waals surface area contributed by atoms with E-state index in [9.17, 15) is 22.4 Å². The van der Waals surface area contributed by atoms with Gasteiger partial charge in [0.05, 0.1) is 10.2 Å². The number of carbonyl (C=O) groups is 2. The molecule has 3 N–H and O–H groups in total. The van der Waals surface area contributed by atoms with Crippen LogP contribution >= 0.6 is 15.9 Å². The number of pyridine rings is 1. The van der Waals surface area contributed by atoms with E-state index in [2.05, 4.69) is 51.8 Å². The van der Waals surface area contributed by atoms with Gasteiger partial charge >= 0.3 is 12.1 Å². The molecule has 0 unspecified atom stereocenters. The Labute approximate surface area is 189 Å². The van der Waals surface area contributed by atoms with Crippen molar-refractivity contribution in [3.05, 3.63) is 64.3 Å². The molecule has 1 aromatic carbocycles. The van der Waals surface area contributed by atoms with Gasteiger partial charge in [-0.05, 0) is 56.6 Å². The van der Waals surface area contributed by atoms with Gasteiger partial charge in [-0.1, -0.05) is 5.16 Å². The zero-order valence-corrected chi connectivity index (χ0v) is 17.5. The number of amides is 1. The number of aromatic nitrogens is 3. The largest absolute Gasteiger partial charge is 0.490 e. The number of benzene rings is 1. The van der Waals surface area contributed by atoms with Crippen molar-refractivity contribution in [3.8, 4) is 0 Å². The molecule has 11 nitrogen and oxygen atoms in total. The molecule has 1 amide bonds. The van der Waals surface area contributed by atoms with Crippen LogP contribution in [0.15, 0.2) is 57.0 Å². The molecule has 2 heterocycles. The standard InChI is InChI=1S/C15H10BrFN6O3.C2HF3O2/c16-11-7-10(1-2-12(11)17)21-25-19-8-13-14(23-26-22-13)20-15(24)9-3-5-18-6-4-9;3-2(4,5)1(6)7/h1-8,21H,(H,20,23,24);(H,6,7)/b19-8+;. The lowest BCUT2D eigenvalue weighted by Crippen LogP contribution is -2.21. The Balaban J connectivity index is 0.000000479. The van der Waals surface area contributed by atoms with Crippen LogP contribution in [0.1, 0.15) is 16.1 Å². The fourth-order valence-electron chi connectivity index (χ4n) is 1.76. The number of hydrogen-bond acceptors (Lipinski definition) is 9. The number of halogens is 5. The Hall–Kier alpha value is -4.08. The number of alkyl halides is 3. The quantitative estimate of drug-likeness (QED) is 0.244. The summed E-state index contributed by atoms with van der Waals surface area (Å²) < 4.78 is 49.7. The minimum Gasteiger partial charge on any atom is -0.475 e. The van der Waals surface area contributed by atoms with Gasteiger partial charge in [0.15, 0.2) is 5.69 Å². The number of rotatable bonds is 6. The summed E-state index contributed by atoms with van der Waals surface area (Å²) in [5, 5.41) is 20.5. The average Bonchev–Trinajstić information content (AvgIpc) is 3.21. The first-order valence-electron chi connectivity index (χ1n) is 8.32. The zero-order chi connectivity index (χ0) is 24.4. The van der Waals surface area contributed by atoms with Crippen LogP contribution < -0.4 is 10.8 Å². The molecule has 0 spiro atoms. The summed E-state index contributed by atoms with van der Waals surface area (Å²) >= 11 is 3.05. The van der Waals surface area contributed by atoms with Gasteiger partial charge in [-0.25, -0.2) is 13.8 Å². The third-order valence-electron chi connectivity index (χ3n) is 3.24. The highest BCUT2D eigenvalue weighted by molar-refractivity contribution is 9.10. The molecule has 0 fully saturated rings. The Kier molecular flexibility index (Phi) is 8.79. The molecule has 0 aliphatic carbocycles. The molecule has 0 aliphatic rings. The summed E-state index contributed by atoms with van der Waals surface area (Å²) in [6.45, 7) is 0. The Bertz CT molecular complexity index is 1130. The highest BCUT2D eigenvalue weighted by atomic mass is 79.9. The third kappa shape index (κ3) is 8.17. The molecule has 0 saturated carbocycles. The van der Waals surface area contributed by atoms with E-state index in [1.165, 1.54) is 36.8 Å². The molecule has 0 aliphatic heterocycles. The third-order valence-corrected chi connectivity index (χ3v) is 3.85. The van der Waals surface area contributed by atoms with E-state index in [1.54, 1.807) is 12.1 Å². The summed E-state index contributed by atoms with van der Waals surface area (Å²) in [4.78, 5) is 29.7. The average molecular weight is 535 g/mol. The van der Waals surface area contributed by atoms with Crippen molar-refractivity contribution in [3.63, 3.8) is 0 Å². The van der Waals surface area contributed by atoms with Crippen molar-refractivity contribution in [2.75, 3.05) is 10.8 Å². The van der Waals surface area contributed by atoms with Crippen LogP contribution in [0.5, 0.6) is 0 Å². The van der Waals surface area contributed by atoms with Crippen molar-refractivity contribution in [1.82, 2.24) is 15.3 Å². The first-order valence-corrected chi connectivity index (χ1v) is 9.11. The molecule has 16 heteroatoms. The van der Waals surface area contributed by atoms with Gasteiger partial charge < -0.3 is 10.4 Å². The molecular weight excluding hydrogens is 524 g/mol. The van der Waals surface area contributed by atoms with E-state index >= 15 is 0 Å². The number of carboxylic acids is 1. The molecule has 174 valence electrons. The Morgan fingerprint density at radius 2 is 1.85 bits per heavy atom. The monoisotopic (exact) mass is 534 g/mol. The number of carbonyl (C=O) groups excluding carboxylic acids is 1. The second kappa shape index (κ2) is 11.5. The topological polar surface area (TPSA) is 152 Å². The van der Waals surface area contributed by atoms with Crippen LogP contribution in [0.25, 0.3) is 0 Å². The maximum atomic E-state index is 13.1. The van der Waals surface area contributed by atoms with Crippen LogP contribution in [0.2, 0.25) is 0 Å². The van der Waals surface area contributed by atoms with Crippen molar-refractivity contribution < 1.29 is 41.8 Å². The second-order valence-corrected chi connectivity index (χ2v) is 6.40. The van der Waals surface area contributed by atoms with E-state index < -0.39 is 23.9 Å². The molecule has 2 aromatic heterocycles. The lowest BCUT2D eigenvalue weighted by atomic mass is 10.2. The van der Waals surface area contributed by atoms with E-state index in [4.69, 9.17) is 14.8 Å². The zero-order valence-electron chi connectivity index (χ0n) is 15.9. The molecule has 0 radical (unpaired) electrons. The number of carboxylic acid groups (broad SMARTS) is 1. The summed E-state index contributed by atoms with van der Waals surface area (Å²) in [5.74, 6) is -3.49. The number of anilines is 2. The highest BCUT2D eigenvalue weighted by Crippen LogP contribution is 2.20. The summed E-state index contributed by atoms with van der Waals surface area (Å²) in [7, 11) is 0. The van der Waals surface area contributed by atoms with Crippen LogP contribution in [-0.4, -0.2) is 44.7 Å². The number of hydrogen-bond donors (Lipinski definition) is 3. The molecule has 3 rings (SSSR count). The normalized spacial score (nSPS) is 10.8. The van der Waals surface area contributed by atoms with Crippen molar-refractivity contribution >= 4 is 45.5 Å². The summed E-state index contributed by atoms with van der Waals surface area (Å²) in [5.41, 5.74) is 3.51. The van der Waals surface area contributed by atoms with Crippen LogP contribution in [-0.2, 0) is 9.73 Å².